The molecule has 0 aliphatic heterocycles. The summed E-state index contributed by atoms with van der Waals surface area (Å²) in [4.78, 5) is 4.55. The van der Waals surface area contributed by atoms with Gasteiger partial charge in [-0.25, -0.2) is 5.43 Å². The molecule has 0 aliphatic carbocycles. The Hall–Kier alpha value is -2.66. The van der Waals surface area contributed by atoms with Crippen LogP contribution >= 0.6 is 0 Å². The Labute approximate surface area is 130 Å². The van der Waals surface area contributed by atoms with Gasteiger partial charge >= 0.3 is 0 Å². The van der Waals surface area contributed by atoms with Gasteiger partial charge in [0, 0.05) is 24.4 Å². The van der Waals surface area contributed by atoms with E-state index in [0.29, 0.717) is 5.84 Å². The van der Waals surface area contributed by atoms with E-state index in [9.17, 15) is 0 Å². The summed E-state index contributed by atoms with van der Waals surface area (Å²) in [5, 5.41) is 3.79. The third-order valence-electron chi connectivity index (χ3n) is 3.16. The van der Waals surface area contributed by atoms with Gasteiger partial charge in [0.15, 0.2) is 5.84 Å². The Morgan fingerprint density at radius 1 is 1.27 bits per heavy atom. The van der Waals surface area contributed by atoms with Gasteiger partial charge in [-0.2, -0.15) is 5.10 Å². The van der Waals surface area contributed by atoms with E-state index in [4.69, 9.17) is 5.84 Å². The molecule has 5 nitrogen and oxygen atoms in total. The quantitative estimate of drug-likeness (QED) is 0.260. The fraction of sp³-hybridized carbons (Fsp3) is 0.176. The average molecular weight is 295 g/mol. The molecule has 1 aromatic carbocycles. The van der Waals surface area contributed by atoms with Crippen molar-refractivity contribution in [2.45, 2.75) is 13.3 Å². The largest absolute Gasteiger partial charge is 0.321 e. The first-order chi connectivity index (χ1) is 10.7. The molecule has 2 rings (SSSR count). The van der Waals surface area contributed by atoms with Crippen LogP contribution in [0.1, 0.15) is 18.1 Å². The molecule has 4 N–H and O–H groups in total. The lowest BCUT2D eigenvalue weighted by molar-refractivity contribution is 0.765. The molecule has 2 aromatic rings. The van der Waals surface area contributed by atoms with Crippen LogP contribution in [0.15, 0.2) is 59.8 Å². The lowest BCUT2D eigenvalue weighted by Crippen LogP contribution is -2.36. The maximum atomic E-state index is 5.47. The molecule has 0 fully saturated rings. The van der Waals surface area contributed by atoms with Crippen LogP contribution in [0.3, 0.4) is 0 Å². The number of nitrogens with one attached hydrogen (secondary N) is 2. The van der Waals surface area contributed by atoms with Crippen LogP contribution in [0.25, 0.3) is 11.3 Å². The molecule has 0 unspecified atom stereocenters. The standard InChI is InChI=1S/C17H21N5/c1-12(2)10-13-8-9-16(20-11-13)14-6-4-5-7-15(14)17(21-18)22-19-3/h4-9,11,19H,1,10,18H2,2-3H3,(H,21,22). The maximum absolute atomic E-state index is 5.47. The van der Waals surface area contributed by atoms with Crippen LogP contribution < -0.4 is 16.7 Å². The van der Waals surface area contributed by atoms with Gasteiger partial charge < -0.3 is 11.3 Å². The second kappa shape index (κ2) is 7.38. The van der Waals surface area contributed by atoms with Crippen LogP contribution in [-0.2, 0) is 6.42 Å². The number of aromatic nitrogens is 1. The zero-order valence-corrected chi connectivity index (χ0v) is 12.9. The van der Waals surface area contributed by atoms with Crippen LogP contribution in [0, 0.1) is 0 Å². The van der Waals surface area contributed by atoms with E-state index in [1.807, 2.05) is 43.5 Å². The molecule has 0 radical (unpaired) electrons. The van der Waals surface area contributed by atoms with Gasteiger partial charge in [0.2, 0.25) is 0 Å². The smallest absolute Gasteiger partial charge is 0.167 e. The van der Waals surface area contributed by atoms with Crippen molar-refractivity contribution in [3.8, 4) is 11.3 Å². The minimum atomic E-state index is 0.561. The van der Waals surface area contributed by atoms with Crippen LogP contribution in [0.2, 0.25) is 0 Å². The molecule has 5 heteroatoms. The number of hydrogen-bond donors (Lipinski definition) is 3. The molecule has 0 saturated carbocycles. The van der Waals surface area contributed by atoms with Crippen molar-refractivity contribution < 1.29 is 0 Å². The van der Waals surface area contributed by atoms with Gasteiger partial charge in [-0.05, 0) is 25.0 Å². The zero-order chi connectivity index (χ0) is 15.9. The topological polar surface area (TPSA) is 75.3 Å². The molecule has 0 bridgehead atoms. The van der Waals surface area contributed by atoms with Gasteiger partial charge in [-0.15, -0.1) is 0 Å². The Morgan fingerprint density at radius 2 is 2.05 bits per heavy atom. The molecular weight excluding hydrogens is 274 g/mol. The summed E-state index contributed by atoms with van der Waals surface area (Å²) in [6.45, 7) is 5.94. The molecule has 0 aliphatic rings. The Kier molecular flexibility index (Phi) is 5.27. The fourth-order valence-corrected chi connectivity index (χ4v) is 2.24. The molecule has 1 heterocycles. The van der Waals surface area contributed by atoms with E-state index in [1.165, 1.54) is 0 Å². The van der Waals surface area contributed by atoms with Gasteiger partial charge in [-0.3, -0.25) is 4.98 Å². The van der Waals surface area contributed by atoms with Crippen molar-refractivity contribution in [1.29, 1.82) is 0 Å². The summed E-state index contributed by atoms with van der Waals surface area (Å²) in [5.74, 6) is 6.03. The first-order valence-corrected chi connectivity index (χ1v) is 7.05. The van der Waals surface area contributed by atoms with Gasteiger partial charge in [0.25, 0.3) is 0 Å². The second-order valence-corrected chi connectivity index (χ2v) is 5.08. The zero-order valence-electron chi connectivity index (χ0n) is 12.9. The van der Waals surface area contributed by atoms with Gasteiger partial charge in [0.05, 0.1) is 5.69 Å². The minimum absolute atomic E-state index is 0.561. The first-order valence-electron chi connectivity index (χ1n) is 7.05. The van der Waals surface area contributed by atoms with Crippen molar-refractivity contribution in [1.82, 2.24) is 15.8 Å². The number of amidine groups is 1. The van der Waals surface area contributed by atoms with Crippen molar-refractivity contribution in [2.24, 2.45) is 10.9 Å². The molecule has 1 aromatic heterocycles. The lowest BCUT2D eigenvalue weighted by Gasteiger charge is -2.12. The first kappa shape index (κ1) is 15.7. The number of benzene rings is 1. The SMILES string of the molecule is C=C(C)Cc1ccc(-c2ccccc2/C(=N/N)NNC)nc1. The second-order valence-electron chi connectivity index (χ2n) is 5.08. The van der Waals surface area contributed by atoms with Crippen LogP contribution in [0.4, 0.5) is 0 Å². The Balaban J connectivity index is 2.38. The number of hydrogen-bond acceptors (Lipinski definition) is 4. The molecule has 0 amide bonds. The highest BCUT2D eigenvalue weighted by Gasteiger charge is 2.11. The minimum Gasteiger partial charge on any atom is -0.321 e. The van der Waals surface area contributed by atoms with E-state index in [1.54, 1.807) is 7.05 Å². The number of nitrogens with zero attached hydrogens (tertiary/aromatic N) is 2. The summed E-state index contributed by atoms with van der Waals surface area (Å²) in [5.41, 5.74) is 10.8. The van der Waals surface area contributed by atoms with Crippen molar-refractivity contribution >= 4 is 5.84 Å². The highest BCUT2D eigenvalue weighted by Crippen LogP contribution is 2.22. The molecular formula is C17H21N5. The van der Waals surface area contributed by atoms with E-state index >= 15 is 0 Å². The van der Waals surface area contributed by atoms with Crippen LogP contribution in [0.5, 0.6) is 0 Å². The number of hydrazine groups is 1. The van der Waals surface area contributed by atoms with Crippen molar-refractivity contribution in [2.75, 3.05) is 7.05 Å². The van der Waals surface area contributed by atoms with Crippen LogP contribution in [-0.4, -0.2) is 17.9 Å². The van der Waals surface area contributed by atoms with Crippen molar-refractivity contribution in [3.63, 3.8) is 0 Å². The number of rotatable bonds is 5. The van der Waals surface area contributed by atoms with E-state index in [2.05, 4.69) is 33.6 Å². The summed E-state index contributed by atoms with van der Waals surface area (Å²) in [6, 6.07) is 11.9. The number of nitrogens with two attached hydrogens (primary N) is 1. The monoisotopic (exact) mass is 295 g/mol. The predicted molar refractivity (Wildman–Crippen MR) is 91.1 cm³/mol. The molecule has 0 atom stereocenters. The third-order valence-corrected chi connectivity index (χ3v) is 3.16. The van der Waals surface area contributed by atoms with Crippen molar-refractivity contribution in [3.05, 3.63) is 65.9 Å². The highest BCUT2D eigenvalue weighted by atomic mass is 15.4. The number of allylic oxidation sites excluding steroid dienone is 1. The normalized spacial score (nSPS) is 11.3. The maximum Gasteiger partial charge on any atom is 0.167 e. The fourth-order valence-electron chi connectivity index (χ4n) is 2.24. The number of hydrazone groups is 1. The Morgan fingerprint density at radius 3 is 2.64 bits per heavy atom. The summed E-state index contributed by atoms with van der Waals surface area (Å²) >= 11 is 0. The molecule has 0 spiro atoms. The molecule has 114 valence electrons. The molecule has 0 saturated heterocycles. The Bertz CT molecular complexity index is 674. The summed E-state index contributed by atoms with van der Waals surface area (Å²) < 4.78 is 0. The third kappa shape index (κ3) is 3.71. The lowest BCUT2D eigenvalue weighted by atomic mass is 10.0. The summed E-state index contributed by atoms with van der Waals surface area (Å²) in [6.07, 6.45) is 2.72. The predicted octanol–water partition coefficient (Wildman–Crippen LogP) is 2.21. The van der Waals surface area contributed by atoms with E-state index in [-0.39, 0.29) is 0 Å². The average Bonchev–Trinajstić information content (AvgIpc) is 2.53. The van der Waals surface area contributed by atoms with Gasteiger partial charge in [0.1, 0.15) is 0 Å². The molecule has 22 heavy (non-hydrogen) atoms. The van der Waals surface area contributed by atoms with Gasteiger partial charge in [-0.1, -0.05) is 42.5 Å². The van der Waals surface area contributed by atoms with E-state index in [0.717, 1.165) is 34.4 Å². The number of pyridine rings is 1. The highest BCUT2D eigenvalue weighted by molar-refractivity contribution is 6.03. The summed E-state index contributed by atoms with van der Waals surface area (Å²) in [7, 11) is 1.76. The van der Waals surface area contributed by atoms with E-state index < -0.39 is 0 Å².